The van der Waals surface area contributed by atoms with Crippen LogP contribution < -0.4 is 0 Å². The summed E-state index contributed by atoms with van der Waals surface area (Å²) in [6, 6.07) is 0. The van der Waals surface area contributed by atoms with Crippen LogP contribution in [0.25, 0.3) is 0 Å². The summed E-state index contributed by atoms with van der Waals surface area (Å²) in [5, 5.41) is 220. The highest BCUT2D eigenvalue weighted by atomic mass is 16.8. The molecule has 14 unspecified atom stereocenters. The van der Waals surface area contributed by atoms with Crippen LogP contribution in [0.4, 0.5) is 0 Å². The van der Waals surface area contributed by atoms with E-state index >= 15 is 0 Å². The van der Waals surface area contributed by atoms with Crippen LogP contribution in [0.5, 0.6) is 0 Å². The molecule has 448 valence electrons. The number of aliphatic hydroxyl groups excluding tert-OH is 20. The highest BCUT2D eigenvalue weighted by Gasteiger charge is 2.59. The van der Waals surface area contributed by atoms with E-state index in [4.69, 9.17) is 66.3 Å². The first kappa shape index (κ1) is 61.7. The maximum absolute atomic E-state index is 11.6. The van der Waals surface area contributed by atoms with Crippen molar-refractivity contribution in [2.75, 3.05) is 46.2 Å². The molecule has 0 aromatic rings. The molecule has 21 heterocycles. The Labute approximate surface area is 435 Å². The van der Waals surface area contributed by atoms with E-state index < -0.39 is 261 Å². The minimum atomic E-state index is -2.19. The van der Waals surface area contributed by atoms with Gasteiger partial charge in [0.1, 0.15) is 159 Å². The SMILES string of the molecule is C[C@H]1C(O)[C@@H]2O[C@H]3OC(CO)[C@@H](O[C@H]4OC(CO)[C@@H](O[C@H]5OC(CO)[C@@H](O[C@H]6OC(CO)[C@@H](O[C@H]7OC(CO)[C@@H](O[C@H]8OC(CO)[C@@H](O[C@H]1OC2CO)C(O)[C@@H]8O)[C@H](O)C7O)[C@H](O)C6O)[C@H](O)C5O)C(O)[C@@H]4O)C(O)[C@@H]3O. The third kappa shape index (κ3) is 12.1. The summed E-state index contributed by atoms with van der Waals surface area (Å²) in [5.41, 5.74) is 0. The van der Waals surface area contributed by atoms with Crippen molar-refractivity contribution in [3.05, 3.63) is 0 Å². The summed E-state index contributed by atoms with van der Waals surface area (Å²) in [4.78, 5) is 0. The number of aliphatic hydroxyl groups is 20. The van der Waals surface area contributed by atoms with Crippen molar-refractivity contribution < 1.29 is 168 Å². The molecule has 21 rings (SSSR count). The molecule has 14 bridgehead atoms. The molecule has 21 saturated heterocycles. The van der Waals surface area contributed by atoms with Crippen molar-refractivity contribution in [1.29, 1.82) is 0 Å². The molecule has 0 aromatic carbocycles. The molecule has 0 saturated carbocycles. The molecule has 20 N–H and O–H groups in total. The van der Waals surface area contributed by atoms with E-state index in [0.29, 0.717) is 0 Å². The van der Waals surface area contributed by atoms with Crippen molar-refractivity contribution in [3.63, 3.8) is 0 Å². The maximum Gasteiger partial charge on any atom is 0.187 e. The van der Waals surface area contributed by atoms with Gasteiger partial charge in [-0.2, -0.15) is 0 Å². The molecule has 21 aliphatic heterocycles. The fourth-order valence-corrected chi connectivity index (χ4v) is 10.6. The second-order valence-electron chi connectivity index (χ2n) is 20.0. The lowest BCUT2D eigenvalue weighted by Crippen LogP contribution is -2.68. The predicted molar refractivity (Wildman–Crippen MR) is 232 cm³/mol. The van der Waals surface area contributed by atoms with Crippen LogP contribution in [0.2, 0.25) is 0 Å². The van der Waals surface area contributed by atoms with Gasteiger partial charge in [0.15, 0.2) is 44.0 Å². The number of hydrogen-bond acceptors (Lipinski definition) is 34. The fourth-order valence-electron chi connectivity index (χ4n) is 10.6. The topological polar surface area (TPSA) is 534 Å². The second-order valence-corrected chi connectivity index (χ2v) is 20.0. The van der Waals surface area contributed by atoms with E-state index in [1.807, 2.05) is 0 Å². The van der Waals surface area contributed by atoms with Gasteiger partial charge in [0.25, 0.3) is 0 Å². The van der Waals surface area contributed by atoms with E-state index in [2.05, 4.69) is 0 Å². The van der Waals surface area contributed by atoms with E-state index in [9.17, 15) is 102 Å². The Bertz CT molecular complexity index is 1470. The van der Waals surface area contributed by atoms with Gasteiger partial charge in [-0.1, -0.05) is 6.92 Å². The van der Waals surface area contributed by atoms with Crippen LogP contribution >= 0.6 is 0 Å². The molecule has 21 fully saturated rings. The molecule has 21 aliphatic rings. The van der Waals surface area contributed by atoms with Crippen LogP contribution in [0.3, 0.4) is 0 Å². The minimum absolute atomic E-state index is 0.936. The summed E-state index contributed by atoms with van der Waals surface area (Å²) in [6.07, 6.45) is -65.4. The summed E-state index contributed by atoms with van der Waals surface area (Å²) in [7, 11) is 0. The molecule has 0 amide bonds. The summed E-state index contributed by atoms with van der Waals surface area (Å²) < 4.78 is 80.5. The largest absolute Gasteiger partial charge is 0.394 e. The molecular weight excluding hydrogens is 1060 g/mol. The zero-order valence-corrected chi connectivity index (χ0v) is 40.8. The Balaban J connectivity index is 1.08. The van der Waals surface area contributed by atoms with Gasteiger partial charge in [0.2, 0.25) is 0 Å². The molecule has 0 spiro atoms. The third-order valence-corrected chi connectivity index (χ3v) is 15.1. The number of ether oxygens (including phenoxy) is 14. The van der Waals surface area contributed by atoms with Gasteiger partial charge in [-0.3, -0.25) is 0 Å². The molecular formula is C43H72O34. The van der Waals surface area contributed by atoms with Crippen molar-refractivity contribution in [2.24, 2.45) is 5.92 Å². The molecule has 0 aromatic heterocycles. The van der Waals surface area contributed by atoms with Gasteiger partial charge in [-0.25, -0.2) is 0 Å². The van der Waals surface area contributed by atoms with E-state index in [1.54, 1.807) is 0 Å². The maximum atomic E-state index is 11.6. The summed E-state index contributed by atoms with van der Waals surface area (Å²) in [6.45, 7) is -5.66. The monoisotopic (exact) mass is 1130 g/mol. The van der Waals surface area contributed by atoms with Crippen LogP contribution in [-0.2, 0) is 66.3 Å². The second kappa shape index (κ2) is 26.1. The lowest BCUT2D eigenvalue weighted by Gasteiger charge is -2.50. The normalized spacial score (nSPS) is 55.4. The Morgan fingerprint density at radius 2 is 0.338 bits per heavy atom. The van der Waals surface area contributed by atoms with Crippen molar-refractivity contribution >= 4 is 0 Å². The highest BCUT2D eigenvalue weighted by molar-refractivity contribution is 5.01. The van der Waals surface area contributed by atoms with Crippen molar-refractivity contribution in [3.8, 4) is 0 Å². The zero-order valence-electron chi connectivity index (χ0n) is 40.8. The average molecular weight is 1130 g/mol. The van der Waals surface area contributed by atoms with Crippen LogP contribution in [0, 0.1) is 5.92 Å². The third-order valence-electron chi connectivity index (χ3n) is 15.1. The van der Waals surface area contributed by atoms with E-state index in [-0.39, 0.29) is 0 Å². The van der Waals surface area contributed by atoms with Gasteiger partial charge in [-0.05, 0) is 0 Å². The number of rotatable bonds is 7. The van der Waals surface area contributed by atoms with E-state index in [1.165, 1.54) is 6.92 Å². The average Bonchev–Trinajstić information content (AvgIpc) is 3.46. The fraction of sp³-hybridized carbons (Fsp3) is 1.00. The Hall–Kier alpha value is -1.36. The first-order valence-corrected chi connectivity index (χ1v) is 24.9. The van der Waals surface area contributed by atoms with Crippen molar-refractivity contribution in [2.45, 2.75) is 216 Å². The highest BCUT2D eigenvalue weighted by Crippen LogP contribution is 2.39. The van der Waals surface area contributed by atoms with Crippen molar-refractivity contribution in [1.82, 2.24) is 0 Å². The quantitative estimate of drug-likeness (QED) is 0.113. The standard InChI is InChI=1S/C43H72O34/c1-9-17(51)30-10(2-44)64-37(9)71-31-11(3-45)65-39(24(58)18(31)52)73-33-13(5-47)67-41(26(60)20(33)54)75-35-15(7-49)69-43(28(62)22(35)56)77-36-16(8-50)70-42(29(63)23(36)57)76-34-14(6-48)68-40(27(61)21(34)55)74-32-12(4-46)66-38(72-30)25(59)19(32)53/h9-63H,2-8H2,1H3/t9-,10?,11?,12?,13?,14?,15?,16?,17?,18?,19?,20+,21?,22+,23+,24-,25-,26?,27-,28?,29?,30+,31+,32+,33+,34+,35+,36+,37+,38+,39+,40+,41+,42+,43+/m0/s1. The molecule has 35 atom stereocenters. The van der Waals surface area contributed by atoms with Gasteiger partial charge in [0.05, 0.1) is 52.4 Å². The minimum Gasteiger partial charge on any atom is -0.394 e. The van der Waals surface area contributed by atoms with Gasteiger partial charge in [-0.15, -0.1) is 0 Å². The number of hydrogen-bond donors (Lipinski definition) is 20. The van der Waals surface area contributed by atoms with Gasteiger partial charge in [0, 0.05) is 5.92 Å². The van der Waals surface area contributed by atoms with Gasteiger partial charge < -0.3 is 168 Å². The van der Waals surface area contributed by atoms with Crippen LogP contribution in [0.15, 0.2) is 0 Å². The van der Waals surface area contributed by atoms with E-state index in [0.717, 1.165) is 0 Å². The van der Waals surface area contributed by atoms with Crippen LogP contribution in [0.1, 0.15) is 6.92 Å². The first-order chi connectivity index (χ1) is 36.7. The Morgan fingerprint density at radius 3 is 0.506 bits per heavy atom. The zero-order chi connectivity index (χ0) is 56.1. The smallest absolute Gasteiger partial charge is 0.187 e. The first-order valence-electron chi connectivity index (χ1n) is 24.9. The molecule has 34 nitrogen and oxygen atoms in total. The summed E-state index contributed by atoms with van der Waals surface area (Å²) in [5.74, 6) is -1.21. The molecule has 0 radical (unpaired) electrons. The van der Waals surface area contributed by atoms with Crippen LogP contribution in [-0.4, -0.2) is 357 Å². The Morgan fingerprint density at radius 1 is 0.195 bits per heavy atom. The van der Waals surface area contributed by atoms with Gasteiger partial charge >= 0.3 is 0 Å². The molecule has 34 heteroatoms. The molecule has 0 aliphatic carbocycles. The lowest BCUT2D eigenvalue weighted by molar-refractivity contribution is -0.396. The summed E-state index contributed by atoms with van der Waals surface area (Å²) >= 11 is 0. The predicted octanol–water partition coefficient (Wildman–Crippen LogP) is -14.0. The Kier molecular flexibility index (Phi) is 20.9. The molecule has 77 heavy (non-hydrogen) atoms. The lowest BCUT2D eigenvalue weighted by atomic mass is 9.91.